The van der Waals surface area contributed by atoms with Crippen LogP contribution in [0.4, 0.5) is 0 Å². The molecule has 82 valence electrons. The highest BCUT2D eigenvalue weighted by Gasteiger charge is 2.23. The van der Waals surface area contributed by atoms with Gasteiger partial charge in [0.25, 0.3) is 0 Å². The van der Waals surface area contributed by atoms with Crippen LogP contribution in [0.3, 0.4) is 0 Å². The van der Waals surface area contributed by atoms with Gasteiger partial charge >= 0.3 is 0 Å². The minimum absolute atomic E-state index is 0.0445. The molecule has 0 fully saturated rings. The minimum Gasteiger partial charge on any atom is -0.319 e. The van der Waals surface area contributed by atoms with Crippen molar-refractivity contribution in [1.29, 1.82) is 0 Å². The van der Waals surface area contributed by atoms with E-state index >= 15 is 0 Å². The van der Waals surface area contributed by atoms with E-state index in [2.05, 4.69) is 12.1 Å². The molecule has 0 spiro atoms. The Balaban J connectivity index is 2.37. The van der Waals surface area contributed by atoms with Crippen LogP contribution in [-0.4, -0.2) is 17.1 Å². The van der Waals surface area contributed by atoms with Crippen molar-refractivity contribution in [2.75, 3.05) is 5.75 Å². The number of nitrogens with two attached hydrogens (primary N) is 1. The maximum absolute atomic E-state index is 11.2. The third kappa shape index (κ3) is 4.06. The van der Waals surface area contributed by atoms with Gasteiger partial charge in [-0.05, 0) is 19.4 Å². The van der Waals surface area contributed by atoms with Crippen molar-refractivity contribution in [3.05, 3.63) is 35.9 Å². The fourth-order valence-corrected chi connectivity index (χ4v) is 2.21. The first-order valence-corrected chi connectivity index (χ1v) is 6.09. The monoisotopic (exact) mass is 223 g/mol. The predicted molar refractivity (Wildman–Crippen MR) is 65.9 cm³/mol. The summed E-state index contributed by atoms with van der Waals surface area (Å²) in [6.07, 6.45) is 0. The molecule has 0 saturated heterocycles. The highest BCUT2D eigenvalue weighted by atomic mass is 32.2. The number of Topliss-reactive ketones (excluding diaryl/α,β-unsaturated/α-hetero) is 1. The zero-order chi connectivity index (χ0) is 11.3. The molecule has 0 unspecified atom stereocenters. The normalized spacial score (nSPS) is 14.6. The molecule has 0 bridgehead atoms. The fraction of sp³-hybridized carbons (Fsp3) is 0.417. The lowest BCUT2D eigenvalue weighted by atomic mass is 10.0. The molecular formula is C12H17NOS. The second-order valence-electron chi connectivity index (χ2n) is 3.95. The number of ketones is 1. The summed E-state index contributed by atoms with van der Waals surface area (Å²) < 4.78 is 0. The van der Waals surface area contributed by atoms with Crippen molar-refractivity contribution in [2.24, 2.45) is 5.73 Å². The number of hydrogen-bond acceptors (Lipinski definition) is 3. The van der Waals surface area contributed by atoms with Gasteiger partial charge in [0, 0.05) is 11.5 Å². The Morgan fingerprint density at radius 3 is 2.53 bits per heavy atom. The molecule has 15 heavy (non-hydrogen) atoms. The van der Waals surface area contributed by atoms with E-state index < -0.39 is 5.54 Å². The van der Waals surface area contributed by atoms with Crippen LogP contribution in [0, 0.1) is 0 Å². The molecule has 1 rings (SSSR count). The van der Waals surface area contributed by atoms with Crippen LogP contribution in [0.1, 0.15) is 19.4 Å². The SMILES string of the molecule is CC(=O)[C@](C)(N)CSCc1ccccc1. The lowest BCUT2D eigenvalue weighted by Gasteiger charge is -2.20. The number of thioether (sulfide) groups is 1. The Morgan fingerprint density at radius 2 is 2.00 bits per heavy atom. The van der Waals surface area contributed by atoms with Gasteiger partial charge in [0.05, 0.1) is 5.54 Å². The summed E-state index contributed by atoms with van der Waals surface area (Å²) in [5.74, 6) is 1.61. The molecule has 1 atom stereocenters. The standard InChI is InChI=1S/C12H17NOS/c1-10(14)12(2,13)9-15-8-11-6-4-3-5-7-11/h3-7H,8-9,13H2,1-2H3/t12-/m1/s1. The first kappa shape index (κ1) is 12.3. The Hall–Kier alpha value is -0.800. The molecule has 0 aromatic heterocycles. The second-order valence-corrected chi connectivity index (χ2v) is 4.94. The molecule has 0 amide bonds. The van der Waals surface area contributed by atoms with E-state index in [1.807, 2.05) is 18.2 Å². The molecule has 0 saturated carbocycles. The molecule has 2 nitrogen and oxygen atoms in total. The molecule has 0 radical (unpaired) electrons. The summed E-state index contributed by atoms with van der Waals surface area (Å²) in [5.41, 5.74) is 6.42. The van der Waals surface area contributed by atoms with Crippen LogP contribution in [0.5, 0.6) is 0 Å². The van der Waals surface area contributed by atoms with Crippen LogP contribution in [0.2, 0.25) is 0 Å². The maximum atomic E-state index is 11.2. The summed E-state index contributed by atoms with van der Waals surface area (Å²) >= 11 is 1.70. The average Bonchev–Trinajstić information content (AvgIpc) is 2.19. The van der Waals surface area contributed by atoms with E-state index in [9.17, 15) is 4.79 Å². The van der Waals surface area contributed by atoms with Gasteiger partial charge in [-0.2, -0.15) is 11.8 Å². The van der Waals surface area contributed by atoms with Gasteiger partial charge in [-0.15, -0.1) is 0 Å². The first-order chi connectivity index (χ1) is 7.02. The smallest absolute Gasteiger partial charge is 0.150 e. The average molecular weight is 223 g/mol. The largest absolute Gasteiger partial charge is 0.319 e. The van der Waals surface area contributed by atoms with Crippen LogP contribution in [0.15, 0.2) is 30.3 Å². The van der Waals surface area contributed by atoms with Gasteiger partial charge < -0.3 is 5.73 Å². The number of hydrogen-bond donors (Lipinski definition) is 1. The third-order valence-electron chi connectivity index (χ3n) is 2.32. The number of benzene rings is 1. The van der Waals surface area contributed by atoms with Crippen molar-refractivity contribution < 1.29 is 4.79 Å². The third-order valence-corrected chi connectivity index (χ3v) is 3.66. The number of carbonyl (C=O) groups excluding carboxylic acids is 1. The van der Waals surface area contributed by atoms with Crippen molar-refractivity contribution in [3.8, 4) is 0 Å². The van der Waals surface area contributed by atoms with E-state index in [1.54, 1.807) is 25.6 Å². The highest BCUT2D eigenvalue weighted by Crippen LogP contribution is 2.16. The zero-order valence-corrected chi connectivity index (χ0v) is 10.0. The van der Waals surface area contributed by atoms with E-state index in [4.69, 9.17) is 5.73 Å². The van der Waals surface area contributed by atoms with Crippen LogP contribution in [0.25, 0.3) is 0 Å². The number of rotatable bonds is 5. The van der Waals surface area contributed by atoms with Gasteiger partial charge in [-0.1, -0.05) is 30.3 Å². The van der Waals surface area contributed by atoms with Crippen molar-refractivity contribution in [3.63, 3.8) is 0 Å². The van der Waals surface area contributed by atoms with Crippen LogP contribution in [-0.2, 0) is 10.5 Å². The van der Waals surface area contributed by atoms with Crippen molar-refractivity contribution in [1.82, 2.24) is 0 Å². The van der Waals surface area contributed by atoms with Gasteiger partial charge in [0.15, 0.2) is 0 Å². The lowest BCUT2D eigenvalue weighted by Crippen LogP contribution is -2.45. The zero-order valence-electron chi connectivity index (χ0n) is 9.19. The quantitative estimate of drug-likeness (QED) is 0.832. The van der Waals surface area contributed by atoms with Crippen LogP contribution < -0.4 is 5.73 Å². The van der Waals surface area contributed by atoms with Gasteiger partial charge in [0.1, 0.15) is 5.78 Å². The lowest BCUT2D eigenvalue weighted by molar-refractivity contribution is -0.120. The molecule has 2 N–H and O–H groups in total. The molecule has 1 aromatic carbocycles. The Bertz CT molecular complexity index is 322. The molecule has 1 aromatic rings. The predicted octanol–water partition coefficient (Wildman–Crippen LogP) is 2.23. The van der Waals surface area contributed by atoms with E-state index in [0.717, 1.165) is 5.75 Å². The molecule has 0 heterocycles. The highest BCUT2D eigenvalue weighted by molar-refractivity contribution is 7.98. The summed E-state index contributed by atoms with van der Waals surface area (Å²) in [6, 6.07) is 10.2. The van der Waals surface area contributed by atoms with Gasteiger partial charge in [-0.3, -0.25) is 4.79 Å². The van der Waals surface area contributed by atoms with E-state index in [-0.39, 0.29) is 5.78 Å². The molecule has 0 aliphatic rings. The summed E-state index contributed by atoms with van der Waals surface area (Å²) in [7, 11) is 0. The van der Waals surface area contributed by atoms with Gasteiger partial charge in [-0.25, -0.2) is 0 Å². The fourth-order valence-electron chi connectivity index (χ4n) is 1.06. The van der Waals surface area contributed by atoms with E-state index in [0.29, 0.717) is 5.75 Å². The Morgan fingerprint density at radius 1 is 1.40 bits per heavy atom. The summed E-state index contributed by atoms with van der Waals surface area (Å²) in [4.78, 5) is 11.2. The topological polar surface area (TPSA) is 43.1 Å². The summed E-state index contributed by atoms with van der Waals surface area (Å²) in [5, 5.41) is 0. The van der Waals surface area contributed by atoms with Crippen molar-refractivity contribution in [2.45, 2.75) is 25.1 Å². The number of carbonyl (C=O) groups is 1. The van der Waals surface area contributed by atoms with Gasteiger partial charge in [0.2, 0.25) is 0 Å². The Kier molecular flexibility index (Phi) is 4.36. The minimum atomic E-state index is -0.695. The molecule has 0 aliphatic heterocycles. The molecular weight excluding hydrogens is 206 g/mol. The van der Waals surface area contributed by atoms with Crippen LogP contribution >= 0.6 is 11.8 Å². The second kappa shape index (κ2) is 5.33. The first-order valence-electron chi connectivity index (χ1n) is 4.94. The molecule has 3 heteroatoms. The Labute approximate surface area is 95.2 Å². The maximum Gasteiger partial charge on any atom is 0.150 e. The van der Waals surface area contributed by atoms with E-state index in [1.165, 1.54) is 5.56 Å². The summed E-state index contributed by atoms with van der Waals surface area (Å²) in [6.45, 7) is 3.33. The van der Waals surface area contributed by atoms with Crippen molar-refractivity contribution >= 4 is 17.5 Å². The molecule has 0 aliphatic carbocycles.